The molecule has 2 aliphatic heterocycles. The number of nitrogens with zero attached hydrogens (tertiary/aromatic N) is 1. The summed E-state index contributed by atoms with van der Waals surface area (Å²) in [5, 5.41) is 8.61. The Kier molecular flexibility index (Phi) is 5.56. The highest BCUT2D eigenvalue weighted by Gasteiger charge is 2.35. The van der Waals surface area contributed by atoms with E-state index in [-0.39, 0.29) is 18.2 Å². The normalized spacial score (nSPS) is 16.4. The van der Waals surface area contributed by atoms with Gasteiger partial charge in [0.25, 0.3) is 11.1 Å². The maximum atomic E-state index is 12.7. The number of carbonyl (C=O) groups is 3. The number of fused-ring (bicyclic) bond motifs is 1. The highest BCUT2D eigenvalue weighted by atomic mass is 35.5. The lowest BCUT2D eigenvalue weighted by atomic mass is 10.1. The van der Waals surface area contributed by atoms with E-state index in [1.165, 1.54) is 0 Å². The van der Waals surface area contributed by atoms with Gasteiger partial charge in [-0.1, -0.05) is 23.7 Å². The van der Waals surface area contributed by atoms with E-state index < -0.39 is 23.7 Å². The van der Waals surface area contributed by atoms with Crippen LogP contribution in [0.5, 0.6) is 17.2 Å². The summed E-state index contributed by atoms with van der Waals surface area (Å²) < 4.78 is 15.7. The van der Waals surface area contributed by atoms with Gasteiger partial charge in [-0.25, -0.2) is 4.79 Å². The van der Waals surface area contributed by atoms with Gasteiger partial charge in [0.05, 0.1) is 11.4 Å². The fraction of sp³-hybridized carbons (Fsp3) is 0.150. The van der Waals surface area contributed by atoms with Gasteiger partial charge in [-0.3, -0.25) is 14.5 Å². The van der Waals surface area contributed by atoms with Crippen molar-refractivity contribution in [1.82, 2.24) is 4.90 Å². The van der Waals surface area contributed by atoms with Crippen LogP contribution in [0.25, 0.3) is 6.08 Å². The first kappa shape index (κ1) is 20.1. The van der Waals surface area contributed by atoms with E-state index in [1.807, 2.05) is 0 Å². The average Bonchev–Trinajstić information content (AvgIpc) is 3.26. The number of amides is 2. The fourth-order valence-electron chi connectivity index (χ4n) is 2.84. The zero-order chi connectivity index (χ0) is 21.3. The second kappa shape index (κ2) is 8.29. The molecule has 0 unspecified atom stereocenters. The molecule has 2 aromatic rings. The molecule has 0 bridgehead atoms. The lowest BCUT2D eigenvalue weighted by Gasteiger charge is -2.14. The molecule has 0 radical (unpaired) electrons. The van der Waals surface area contributed by atoms with Gasteiger partial charge in [0.1, 0.15) is 5.75 Å². The molecule has 8 nitrogen and oxygen atoms in total. The van der Waals surface area contributed by atoms with Crippen molar-refractivity contribution >= 4 is 46.6 Å². The molecule has 30 heavy (non-hydrogen) atoms. The minimum Gasteiger partial charge on any atom is -0.482 e. The number of hydrogen-bond acceptors (Lipinski definition) is 7. The van der Waals surface area contributed by atoms with Crippen LogP contribution in [0.4, 0.5) is 4.79 Å². The Morgan fingerprint density at radius 2 is 1.90 bits per heavy atom. The van der Waals surface area contributed by atoms with Gasteiger partial charge in [0.15, 0.2) is 18.1 Å². The SMILES string of the molecule is O=C(O)COc1ccc(/C=C2\SC(=O)N(Cc3cc4c(cc3Cl)OCO4)C2=O)cc1. The smallest absolute Gasteiger partial charge is 0.341 e. The summed E-state index contributed by atoms with van der Waals surface area (Å²) in [5.74, 6) is -0.0731. The molecule has 2 aromatic carbocycles. The molecule has 2 amide bonds. The number of carbonyl (C=O) groups excluding carboxylic acids is 2. The molecule has 1 N–H and O–H groups in total. The molecule has 0 aromatic heterocycles. The monoisotopic (exact) mass is 447 g/mol. The number of carboxylic acids is 1. The maximum Gasteiger partial charge on any atom is 0.341 e. The van der Waals surface area contributed by atoms with Gasteiger partial charge in [-0.15, -0.1) is 0 Å². The number of thioether (sulfide) groups is 1. The van der Waals surface area contributed by atoms with Gasteiger partial charge in [0.2, 0.25) is 6.79 Å². The van der Waals surface area contributed by atoms with Gasteiger partial charge in [0, 0.05) is 11.1 Å². The number of hydrogen-bond donors (Lipinski definition) is 1. The van der Waals surface area contributed by atoms with Gasteiger partial charge in [-0.2, -0.15) is 0 Å². The Bertz CT molecular complexity index is 1070. The van der Waals surface area contributed by atoms with E-state index in [0.717, 1.165) is 16.7 Å². The van der Waals surface area contributed by atoms with E-state index in [1.54, 1.807) is 42.5 Å². The topological polar surface area (TPSA) is 102 Å². The molecule has 2 aliphatic rings. The maximum absolute atomic E-state index is 12.7. The van der Waals surface area contributed by atoms with Crippen molar-refractivity contribution in [3.05, 3.63) is 57.5 Å². The summed E-state index contributed by atoms with van der Waals surface area (Å²) in [4.78, 5) is 37.1. The van der Waals surface area contributed by atoms with Crippen LogP contribution < -0.4 is 14.2 Å². The van der Waals surface area contributed by atoms with Crippen LogP contribution >= 0.6 is 23.4 Å². The first-order valence-electron chi connectivity index (χ1n) is 8.69. The third-order valence-corrected chi connectivity index (χ3v) is 5.54. The van der Waals surface area contributed by atoms with Crippen molar-refractivity contribution in [2.24, 2.45) is 0 Å². The molecule has 10 heteroatoms. The Labute approximate surface area is 180 Å². The molecule has 2 heterocycles. The predicted molar refractivity (Wildman–Crippen MR) is 109 cm³/mol. The second-order valence-corrected chi connectivity index (χ2v) is 7.72. The van der Waals surface area contributed by atoms with Crippen molar-refractivity contribution in [3.8, 4) is 17.2 Å². The number of aliphatic carboxylic acids is 1. The Morgan fingerprint density at radius 3 is 2.60 bits per heavy atom. The summed E-state index contributed by atoms with van der Waals surface area (Å²) in [7, 11) is 0. The third-order valence-electron chi connectivity index (χ3n) is 4.28. The number of carboxylic acid groups (broad SMARTS) is 1. The predicted octanol–water partition coefficient (Wildman–Crippen LogP) is 3.77. The van der Waals surface area contributed by atoms with Crippen LogP contribution in [-0.2, 0) is 16.1 Å². The van der Waals surface area contributed by atoms with E-state index in [9.17, 15) is 14.4 Å². The Hall–Kier alpha value is -3.17. The molecule has 0 saturated carbocycles. The van der Waals surface area contributed by atoms with Crippen molar-refractivity contribution in [2.75, 3.05) is 13.4 Å². The summed E-state index contributed by atoms with van der Waals surface area (Å²) in [6.45, 7) is -0.334. The molecule has 154 valence electrons. The van der Waals surface area contributed by atoms with Crippen molar-refractivity contribution in [1.29, 1.82) is 0 Å². The Balaban J connectivity index is 1.48. The van der Waals surface area contributed by atoms with E-state index in [0.29, 0.717) is 33.4 Å². The quantitative estimate of drug-likeness (QED) is 0.667. The summed E-state index contributed by atoms with van der Waals surface area (Å²) in [6.07, 6.45) is 1.59. The first-order chi connectivity index (χ1) is 14.4. The van der Waals surface area contributed by atoms with Crippen LogP contribution in [0.15, 0.2) is 41.3 Å². The van der Waals surface area contributed by atoms with Crippen LogP contribution in [0, 0.1) is 0 Å². The van der Waals surface area contributed by atoms with Gasteiger partial charge < -0.3 is 19.3 Å². The molecule has 0 spiro atoms. The van der Waals surface area contributed by atoms with Crippen LogP contribution in [0.2, 0.25) is 5.02 Å². The average molecular weight is 448 g/mol. The third kappa shape index (κ3) is 4.22. The Morgan fingerprint density at radius 1 is 1.20 bits per heavy atom. The minimum atomic E-state index is -1.07. The number of halogens is 1. The zero-order valence-electron chi connectivity index (χ0n) is 15.3. The van der Waals surface area contributed by atoms with Gasteiger partial charge in [-0.05, 0) is 47.2 Å². The lowest BCUT2D eigenvalue weighted by molar-refractivity contribution is -0.139. The molecular formula is C20H14ClNO7S. The number of ether oxygens (including phenoxy) is 3. The second-order valence-electron chi connectivity index (χ2n) is 6.32. The fourth-order valence-corrected chi connectivity index (χ4v) is 3.90. The number of benzene rings is 2. The zero-order valence-corrected chi connectivity index (χ0v) is 16.9. The van der Waals surface area contributed by atoms with Crippen LogP contribution in [0.1, 0.15) is 11.1 Å². The molecule has 0 aliphatic carbocycles. The minimum absolute atomic E-state index is 0.0133. The van der Waals surface area contributed by atoms with E-state index >= 15 is 0 Å². The molecule has 0 atom stereocenters. The van der Waals surface area contributed by atoms with Crippen LogP contribution in [-0.4, -0.2) is 40.5 Å². The standard InChI is InChI=1S/C20H14ClNO7S/c21-14-7-16-15(28-10-29-16)6-12(14)8-22-19(25)17(30-20(22)26)5-11-1-3-13(4-2-11)27-9-18(23)24/h1-7H,8-10H2,(H,23,24)/b17-5-. The molecule has 1 saturated heterocycles. The first-order valence-corrected chi connectivity index (χ1v) is 9.88. The van der Waals surface area contributed by atoms with Crippen molar-refractivity contribution < 1.29 is 33.7 Å². The summed E-state index contributed by atoms with van der Waals surface area (Å²) in [6, 6.07) is 9.77. The number of imide groups is 1. The lowest BCUT2D eigenvalue weighted by Crippen LogP contribution is -2.27. The molecule has 4 rings (SSSR count). The number of rotatable bonds is 6. The van der Waals surface area contributed by atoms with Gasteiger partial charge >= 0.3 is 5.97 Å². The largest absolute Gasteiger partial charge is 0.482 e. The van der Waals surface area contributed by atoms with E-state index in [2.05, 4.69) is 0 Å². The molecular weight excluding hydrogens is 434 g/mol. The van der Waals surface area contributed by atoms with Crippen molar-refractivity contribution in [3.63, 3.8) is 0 Å². The van der Waals surface area contributed by atoms with Crippen LogP contribution in [0.3, 0.4) is 0 Å². The highest BCUT2D eigenvalue weighted by Crippen LogP contribution is 2.39. The summed E-state index contributed by atoms with van der Waals surface area (Å²) >= 11 is 7.09. The van der Waals surface area contributed by atoms with Crippen molar-refractivity contribution in [2.45, 2.75) is 6.54 Å². The van der Waals surface area contributed by atoms with E-state index in [4.69, 9.17) is 30.9 Å². The molecule has 1 fully saturated rings. The summed E-state index contributed by atoms with van der Waals surface area (Å²) in [5.41, 5.74) is 1.24. The highest BCUT2D eigenvalue weighted by molar-refractivity contribution is 8.18.